The smallest absolute Gasteiger partial charge is 0.367 e. The number of anilines is 8. The van der Waals surface area contributed by atoms with Gasteiger partial charge in [0.1, 0.15) is 34.1 Å². The van der Waals surface area contributed by atoms with E-state index in [9.17, 15) is 39.5 Å². The zero-order valence-electron chi connectivity index (χ0n) is 28.3. The second-order valence-corrected chi connectivity index (χ2v) is 13.1. The van der Waals surface area contributed by atoms with Crippen LogP contribution in [-0.2, 0) is 18.5 Å². The largest absolute Gasteiger partial charge is 0.421 e. The van der Waals surface area contributed by atoms with E-state index in [1.807, 2.05) is 0 Å². The third-order valence-electron chi connectivity index (χ3n) is 8.78. The van der Waals surface area contributed by atoms with Crippen LogP contribution in [0, 0.1) is 0 Å². The van der Waals surface area contributed by atoms with Gasteiger partial charge in [-0.15, -0.1) is 0 Å². The van der Waals surface area contributed by atoms with Crippen molar-refractivity contribution in [3.8, 4) is 0 Å². The van der Waals surface area contributed by atoms with Gasteiger partial charge >= 0.3 is 18.5 Å². The summed E-state index contributed by atoms with van der Waals surface area (Å²) in [6, 6.07) is 1.70. The van der Waals surface area contributed by atoms with Gasteiger partial charge in [0.05, 0.1) is 35.7 Å². The van der Waals surface area contributed by atoms with Gasteiger partial charge in [0.15, 0.2) is 0 Å². The predicted octanol–water partition coefficient (Wildman–Crippen LogP) is 7.02. The normalized spacial score (nSPS) is 18.3. The number of hydrogen-bond donors (Lipinski definition) is 4. The maximum absolute atomic E-state index is 14.4. The maximum atomic E-state index is 14.4. The van der Waals surface area contributed by atoms with Crippen molar-refractivity contribution in [2.24, 2.45) is 0 Å². The molecule has 3 aliphatic carbocycles. The van der Waals surface area contributed by atoms with Crippen LogP contribution in [0.4, 0.5) is 86.2 Å². The molecule has 15 nitrogen and oxygen atoms in total. The maximum Gasteiger partial charge on any atom is 0.421 e. The van der Waals surface area contributed by atoms with Gasteiger partial charge in [-0.1, -0.05) is 0 Å². The highest BCUT2D eigenvalue weighted by atomic mass is 19.4. The SMILES string of the molecule is FC(F)(F)c1cnc(Nc2ccnnc2C2CC2Nc2nc(N(c3ccnnc3)c3ncc(C(F)(F)F)c(NC4CC4)n3)ncc2C(F)(F)F)nc1NC1CC1. The van der Waals surface area contributed by atoms with Gasteiger partial charge in [0.2, 0.25) is 17.8 Å². The molecule has 24 heteroatoms. The number of aromatic nitrogens is 10. The summed E-state index contributed by atoms with van der Waals surface area (Å²) < 4.78 is 126. The van der Waals surface area contributed by atoms with E-state index < -0.39 is 76.5 Å². The fourth-order valence-corrected chi connectivity index (χ4v) is 5.61. The number of nitrogens with one attached hydrogen (secondary N) is 4. The minimum atomic E-state index is -4.95. The van der Waals surface area contributed by atoms with Gasteiger partial charge in [-0.3, -0.25) is 0 Å². The van der Waals surface area contributed by atoms with Crippen LogP contribution in [0.1, 0.15) is 60.4 Å². The number of rotatable bonds is 12. The fourth-order valence-electron chi connectivity index (χ4n) is 5.61. The van der Waals surface area contributed by atoms with Crippen LogP contribution in [-0.4, -0.2) is 68.4 Å². The molecular weight excluding hydrogens is 765 g/mol. The molecule has 5 heterocycles. The summed E-state index contributed by atoms with van der Waals surface area (Å²) in [6.07, 6.45) is -6.23. The Kier molecular flexibility index (Phi) is 9.06. The zero-order chi connectivity index (χ0) is 39.4. The monoisotopic (exact) mass is 791 g/mol. The lowest BCUT2D eigenvalue weighted by Gasteiger charge is -2.23. The predicted molar refractivity (Wildman–Crippen MR) is 178 cm³/mol. The standard InChI is InChI=1S/C32H26F9N15/c33-30(34,35)18-11-42-27(52-24(18)48-14-1-2-14)51-21-6-8-46-55-23(21)17-9-22(17)50-26-20(32(39,40)41)13-44-29(54-26)56(16-5-7-45-47-10-16)28-43-12-19(31(36,37)38)25(53-28)49-15-3-4-15/h5-8,10-15,17,22H,1-4,9H2,(H,43,49,53)(H,44,50,54)(H2,42,46,48,51,52). The quantitative estimate of drug-likeness (QED) is 0.0946. The summed E-state index contributed by atoms with van der Waals surface area (Å²) in [6.45, 7) is 0. The minimum absolute atomic E-state index is 0.0726. The second-order valence-electron chi connectivity index (χ2n) is 13.1. The Morgan fingerprint density at radius 1 is 0.589 bits per heavy atom. The number of alkyl halides is 9. The molecule has 0 spiro atoms. The lowest BCUT2D eigenvalue weighted by molar-refractivity contribution is -0.138. The molecule has 5 aromatic rings. The fraction of sp³-hybridized carbons (Fsp3) is 0.375. The van der Waals surface area contributed by atoms with Crippen molar-refractivity contribution >= 4 is 46.7 Å². The topological polar surface area (TPSA) is 180 Å². The van der Waals surface area contributed by atoms with Crippen LogP contribution in [0.5, 0.6) is 0 Å². The Bertz CT molecular complexity index is 2230. The van der Waals surface area contributed by atoms with Crippen molar-refractivity contribution in [2.75, 3.05) is 26.2 Å². The van der Waals surface area contributed by atoms with Crippen molar-refractivity contribution in [1.82, 2.24) is 50.3 Å². The highest BCUT2D eigenvalue weighted by Crippen LogP contribution is 2.47. The molecule has 0 amide bonds. The van der Waals surface area contributed by atoms with Crippen molar-refractivity contribution in [3.63, 3.8) is 0 Å². The number of hydrogen-bond acceptors (Lipinski definition) is 15. The van der Waals surface area contributed by atoms with E-state index in [1.54, 1.807) is 0 Å². The summed E-state index contributed by atoms with van der Waals surface area (Å²) in [5, 5.41) is 26.6. The van der Waals surface area contributed by atoms with Gasteiger partial charge in [-0.05, 0) is 44.2 Å². The summed E-state index contributed by atoms with van der Waals surface area (Å²) in [7, 11) is 0. The molecule has 2 atom stereocenters. The van der Waals surface area contributed by atoms with Gasteiger partial charge in [0, 0.05) is 42.6 Å². The van der Waals surface area contributed by atoms with Crippen LogP contribution in [0.15, 0.2) is 49.3 Å². The molecule has 0 bridgehead atoms. The molecule has 0 aromatic carbocycles. The van der Waals surface area contributed by atoms with Crippen molar-refractivity contribution in [3.05, 3.63) is 71.7 Å². The third kappa shape index (κ3) is 8.07. The second kappa shape index (κ2) is 13.8. The highest BCUT2D eigenvalue weighted by Gasteiger charge is 2.45. The van der Waals surface area contributed by atoms with Crippen LogP contribution < -0.4 is 26.2 Å². The van der Waals surface area contributed by atoms with Crippen LogP contribution in [0.3, 0.4) is 0 Å². The molecule has 0 aliphatic heterocycles. The van der Waals surface area contributed by atoms with Crippen molar-refractivity contribution < 1.29 is 39.5 Å². The Morgan fingerprint density at radius 2 is 1.12 bits per heavy atom. The Morgan fingerprint density at radius 3 is 1.66 bits per heavy atom. The molecule has 0 radical (unpaired) electrons. The highest BCUT2D eigenvalue weighted by molar-refractivity contribution is 5.70. The van der Waals surface area contributed by atoms with E-state index in [-0.39, 0.29) is 41.5 Å². The van der Waals surface area contributed by atoms with E-state index >= 15 is 0 Å². The summed E-state index contributed by atoms with van der Waals surface area (Å²) >= 11 is 0. The zero-order valence-corrected chi connectivity index (χ0v) is 28.3. The Hall–Kier alpha value is -6.23. The first kappa shape index (κ1) is 36.7. The lowest BCUT2D eigenvalue weighted by Crippen LogP contribution is -2.22. The lowest BCUT2D eigenvalue weighted by atomic mass is 10.2. The Balaban J connectivity index is 1.10. The molecule has 4 N–H and O–H groups in total. The van der Waals surface area contributed by atoms with E-state index in [2.05, 4.69) is 71.6 Å². The van der Waals surface area contributed by atoms with Crippen LogP contribution >= 0.6 is 0 Å². The van der Waals surface area contributed by atoms with E-state index in [0.29, 0.717) is 44.3 Å². The first-order valence-electron chi connectivity index (χ1n) is 16.9. The minimum Gasteiger partial charge on any atom is -0.367 e. The molecule has 3 saturated carbocycles. The number of nitrogens with zero attached hydrogens (tertiary/aromatic N) is 11. The van der Waals surface area contributed by atoms with Crippen LogP contribution in [0.2, 0.25) is 0 Å². The average Bonchev–Trinajstić information content (AvgIpc) is 4.00. The van der Waals surface area contributed by atoms with Gasteiger partial charge in [-0.2, -0.15) is 74.9 Å². The number of halogens is 9. The van der Waals surface area contributed by atoms with Gasteiger partial charge in [0.25, 0.3) is 0 Å². The summed E-state index contributed by atoms with van der Waals surface area (Å²) in [5.74, 6) is -3.22. The summed E-state index contributed by atoms with van der Waals surface area (Å²) in [5.41, 5.74) is -2.87. The van der Waals surface area contributed by atoms with Crippen molar-refractivity contribution in [2.45, 2.75) is 74.7 Å². The van der Waals surface area contributed by atoms with Crippen LogP contribution in [0.25, 0.3) is 0 Å². The average molecular weight is 792 g/mol. The van der Waals surface area contributed by atoms with Crippen molar-refractivity contribution in [1.29, 1.82) is 0 Å². The van der Waals surface area contributed by atoms with E-state index in [1.165, 1.54) is 30.7 Å². The molecule has 5 aromatic heterocycles. The molecule has 56 heavy (non-hydrogen) atoms. The molecule has 8 rings (SSSR count). The molecule has 3 fully saturated rings. The molecule has 2 unspecified atom stereocenters. The molecule has 292 valence electrons. The third-order valence-corrected chi connectivity index (χ3v) is 8.78. The van der Waals surface area contributed by atoms with Gasteiger partial charge < -0.3 is 21.3 Å². The summed E-state index contributed by atoms with van der Waals surface area (Å²) in [4.78, 5) is 25.0. The van der Waals surface area contributed by atoms with Gasteiger partial charge in [-0.25, -0.2) is 19.9 Å². The first-order valence-corrected chi connectivity index (χ1v) is 16.9. The molecule has 0 saturated heterocycles. The van der Waals surface area contributed by atoms with E-state index in [4.69, 9.17) is 0 Å². The van der Waals surface area contributed by atoms with E-state index in [0.717, 1.165) is 4.90 Å². The molecule has 3 aliphatic rings. The first-order chi connectivity index (χ1) is 26.6. The molecular formula is C32H26F9N15. The Labute approximate surface area is 309 Å².